The Morgan fingerprint density at radius 3 is 2.90 bits per heavy atom. The first-order chi connectivity index (χ1) is 10.2. The van der Waals surface area contributed by atoms with E-state index in [0.717, 1.165) is 22.5 Å². The molecule has 1 aromatic carbocycles. The fourth-order valence-electron chi connectivity index (χ4n) is 2.71. The van der Waals surface area contributed by atoms with E-state index in [4.69, 9.17) is 0 Å². The molecule has 3 heterocycles. The lowest BCUT2D eigenvalue weighted by atomic mass is 10.1. The van der Waals surface area contributed by atoms with Gasteiger partial charge in [-0.3, -0.25) is 4.68 Å². The number of benzene rings is 1. The summed E-state index contributed by atoms with van der Waals surface area (Å²) in [6, 6.07) is 6.25. The van der Waals surface area contributed by atoms with Crippen LogP contribution in [0.25, 0.3) is 27.8 Å². The largest absolute Gasteiger partial charge is 0.361 e. The Morgan fingerprint density at radius 2 is 2.10 bits per heavy atom. The first-order valence-corrected chi connectivity index (χ1v) is 6.82. The van der Waals surface area contributed by atoms with Gasteiger partial charge in [0.25, 0.3) is 0 Å². The maximum absolute atomic E-state index is 4.50. The van der Waals surface area contributed by atoms with Gasteiger partial charge >= 0.3 is 0 Å². The summed E-state index contributed by atoms with van der Waals surface area (Å²) in [6.45, 7) is 2.11. The molecular weight excluding hydrogens is 262 g/mol. The van der Waals surface area contributed by atoms with Crippen LogP contribution in [0.3, 0.4) is 0 Å². The van der Waals surface area contributed by atoms with Crippen molar-refractivity contribution in [1.29, 1.82) is 0 Å². The number of H-pyrrole nitrogens is 1. The third-order valence-corrected chi connectivity index (χ3v) is 3.74. The molecule has 0 aliphatic heterocycles. The molecule has 1 N–H and O–H groups in total. The molecule has 0 saturated carbocycles. The lowest BCUT2D eigenvalue weighted by molar-refractivity contribution is 0.768. The molecule has 0 aliphatic rings. The standard InChI is InChI=1S/C16H15N5/c1-11-6-17-13-4-3-5-15(16(11)13)21-9-14(18-10-21)12-7-19-20(2)8-12/h3-10,17H,1-2H3. The third kappa shape index (κ3) is 1.86. The molecule has 0 unspecified atom stereocenters. The van der Waals surface area contributed by atoms with E-state index < -0.39 is 0 Å². The molecular formula is C16H15N5. The SMILES string of the molecule is Cc1c[nH]c2cccc(-n3cnc(-c4cnn(C)c4)c3)c12. The van der Waals surface area contributed by atoms with Crippen LogP contribution in [-0.4, -0.2) is 24.3 Å². The van der Waals surface area contributed by atoms with Gasteiger partial charge in [-0.15, -0.1) is 0 Å². The van der Waals surface area contributed by atoms with Gasteiger partial charge in [-0.1, -0.05) is 6.07 Å². The summed E-state index contributed by atoms with van der Waals surface area (Å²) in [7, 11) is 1.91. The van der Waals surface area contributed by atoms with Gasteiger partial charge in [0.2, 0.25) is 0 Å². The lowest BCUT2D eigenvalue weighted by Crippen LogP contribution is -1.91. The minimum Gasteiger partial charge on any atom is -0.361 e. The zero-order valence-electron chi connectivity index (χ0n) is 11.9. The van der Waals surface area contributed by atoms with E-state index in [2.05, 4.69) is 44.8 Å². The zero-order valence-corrected chi connectivity index (χ0v) is 11.9. The summed E-state index contributed by atoms with van der Waals surface area (Å²) >= 11 is 0. The molecule has 4 aromatic rings. The van der Waals surface area contributed by atoms with Crippen LogP contribution in [0.5, 0.6) is 0 Å². The van der Waals surface area contributed by atoms with Gasteiger partial charge in [0.05, 0.1) is 23.9 Å². The average Bonchev–Trinajstić information content (AvgIpc) is 3.19. The van der Waals surface area contributed by atoms with Crippen molar-refractivity contribution in [3.05, 3.63) is 54.9 Å². The number of hydrogen-bond donors (Lipinski definition) is 1. The smallest absolute Gasteiger partial charge is 0.0999 e. The van der Waals surface area contributed by atoms with Gasteiger partial charge in [-0.05, 0) is 24.6 Å². The van der Waals surface area contributed by atoms with Crippen molar-refractivity contribution in [3.63, 3.8) is 0 Å². The normalized spacial score (nSPS) is 11.3. The number of imidazole rings is 1. The van der Waals surface area contributed by atoms with E-state index in [9.17, 15) is 0 Å². The molecule has 0 atom stereocenters. The van der Waals surface area contributed by atoms with E-state index in [-0.39, 0.29) is 0 Å². The summed E-state index contributed by atoms with van der Waals surface area (Å²) in [4.78, 5) is 7.79. The maximum atomic E-state index is 4.50. The molecule has 5 nitrogen and oxygen atoms in total. The van der Waals surface area contributed by atoms with Crippen LogP contribution in [-0.2, 0) is 7.05 Å². The molecule has 0 aliphatic carbocycles. The second kappa shape index (κ2) is 4.34. The highest BCUT2D eigenvalue weighted by Gasteiger charge is 2.10. The molecule has 0 saturated heterocycles. The Labute approximate surface area is 121 Å². The number of aryl methyl sites for hydroxylation is 2. The molecule has 0 bridgehead atoms. The quantitative estimate of drug-likeness (QED) is 0.612. The highest BCUT2D eigenvalue weighted by molar-refractivity contribution is 5.91. The van der Waals surface area contributed by atoms with E-state index in [1.54, 1.807) is 4.68 Å². The number of hydrogen-bond acceptors (Lipinski definition) is 2. The fourth-order valence-corrected chi connectivity index (χ4v) is 2.71. The minimum atomic E-state index is 0.924. The van der Waals surface area contributed by atoms with Gasteiger partial charge in [0.15, 0.2) is 0 Å². The van der Waals surface area contributed by atoms with Crippen molar-refractivity contribution in [1.82, 2.24) is 24.3 Å². The molecule has 0 amide bonds. The van der Waals surface area contributed by atoms with Crippen LogP contribution in [0.15, 0.2) is 49.3 Å². The Balaban J connectivity index is 1.86. The molecule has 3 aromatic heterocycles. The Kier molecular flexibility index (Phi) is 2.47. The topological polar surface area (TPSA) is 51.4 Å². The lowest BCUT2D eigenvalue weighted by Gasteiger charge is -2.04. The third-order valence-electron chi connectivity index (χ3n) is 3.74. The van der Waals surface area contributed by atoms with Crippen LogP contribution in [0, 0.1) is 6.92 Å². The second-order valence-electron chi connectivity index (χ2n) is 5.24. The highest BCUT2D eigenvalue weighted by atomic mass is 15.2. The predicted molar refractivity (Wildman–Crippen MR) is 82.4 cm³/mol. The summed E-state index contributed by atoms with van der Waals surface area (Å²) in [5, 5.41) is 5.42. The number of nitrogens with one attached hydrogen (secondary N) is 1. The second-order valence-corrected chi connectivity index (χ2v) is 5.24. The molecule has 21 heavy (non-hydrogen) atoms. The van der Waals surface area contributed by atoms with Gasteiger partial charge in [0, 0.05) is 42.1 Å². The fraction of sp³-hybridized carbons (Fsp3) is 0.125. The molecule has 0 radical (unpaired) electrons. The average molecular weight is 277 g/mol. The molecule has 104 valence electrons. The van der Waals surface area contributed by atoms with Crippen LogP contribution >= 0.6 is 0 Å². The summed E-state index contributed by atoms with van der Waals surface area (Å²) in [5.41, 5.74) is 5.45. The van der Waals surface area contributed by atoms with Gasteiger partial charge < -0.3 is 9.55 Å². The van der Waals surface area contributed by atoms with Crippen molar-refractivity contribution in [2.75, 3.05) is 0 Å². The van der Waals surface area contributed by atoms with E-state index in [0.29, 0.717) is 0 Å². The summed E-state index contributed by atoms with van der Waals surface area (Å²) < 4.78 is 3.84. The van der Waals surface area contributed by atoms with Crippen LogP contribution in [0.1, 0.15) is 5.56 Å². The Morgan fingerprint density at radius 1 is 1.19 bits per heavy atom. The molecule has 0 spiro atoms. The number of rotatable bonds is 2. The van der Waals surface area contributed by atoms with Crippen LogP contribution in [0.2, 0.25) is 0 Å². The molecule has 4 rings (SSSR count). The van der Waals surface area contributed by atoms with Crippen molar-refractivity contribution in [2.45, 2.75) is 6.92 Å². The number of aromatic nitrogens is 5. The number of fused-ring (bicyclic) bond motifs is 1. The van der Waals surface area contributed by atoms with Gasteiger partial charge in [0.1, 0.15) is 0 Å². The molecule has 5 heteroatoms. The van der Waals surface area contributed by atoms with Crippen molar-refractivity contribution in [2.24, 2.45) is 7.05 Å². The zero-order chi connectivity index (χ0) is 14.4. The van der Waals surface area contributed by atoms with E-state index in [1.807, 2.05) is 38.2 Å². The first kappa shape index (κ1) is 12.0. The monoisotopic (exact) mass is 277 g/mol. The van der Waals surface area contributed by atoms with Crippen LogP contribution < -0.4 is 0 Å². The van der Waals surface area contributed by atoms with Crippen LogP contribution in [0.4, 0.5) is 0 Å². The Bertz CT molecular complexity index is 925. The minimum absolute atomic E-state index is 0.924. The van der Waals surface area contributed by atoms with Crippen molar-refractivity contribution >= 4 is 10.9 Å². The molecule has 0 fully saturated rings. The predicted octanol–water partition coefficient (Wildman–Crippen LogP) is 3.06. The maximum Gasteiger partial charge on any atom is 0.0999 e. The van der Waals surface area contributed by atoms with Crippen molar-refractivity contribution in [3.8, 4) is 16.9 Å². The summed E-state index contributed by atoms with van der Waals surface area (Å²) in [6.07, 6.45) is 9.72. The highest BCUT2D eigenvalue weighted by Crippen LogP contribution is 2.26. The van der Waals surface area contributed by atoms with Gasteiger partial charge in [-0.25, -0.2) is 4.98 Å². The van der Waals surface area contributed by atoms with Crippen molar-refractivity contribution < 1.29 is 0 Å². The van der Waals surface area contributed by atoms with Gasteiger partial charge in [-0.2, -0.15) is 5.10 Å². The first-order valence-electron chi connectivity index (χ1n) is 6.82. The number of aromatic amines is 1. The van der Waals surface area contributed by atoms with E-state index >= 15 is 0 Å². The Hall–Kier alpha value is -2.82. The summed E-state index contributed by atoms with van der Waals surface area (Å²) in [5.74, 6) is 0. The van der Waals surface area contributed by atoms with E-state index in [1.165, 1.54) is 10.9 Å². The number of nitrogens with zero attached hydrogens (tertiary/aromatic N) is 4.